The molecule has 0 amide bonds. The molecule has 20 heavy (non-hydrogen) atoms. The summed E-state index contributed by atoms with van der Waals surface area (Å²) in [6.07, 6.45) is 3.77. The standard InChI is InChI=1S/C15H25N5/c1-3-20-7-6-11(10-20)9-17-14-8-13(16-2)18-15(19-14)12-4-5-12/h8,11-12H,3-7,9-10H2,1-2H3,(H2,16,17,18,19). The van der Waals surface area contributed by atoms with E-state index in [4.69, 9.17) is 0 Å². The molecule has 110 valence electrons. The molecule has 1 saturated heterocycles. The number of likely N-dealkylation sites (tertiary alicyclic amines) is 1. The summed E-state index contributed by atoms with van der Waals surface area (Å²) in [6.45, 7) is 6.87. The van der Waals surface area contributed by atoms with Crippen molar-refractivity contribution in [1.29, 1.82) is 0 Å². The predicted molar refractivity (Wildman–Crippen MR) is 82.3 cm³/mol. The van der Waals surface area contributed by atoms with Crippen LogP contribution in [0.1, 0.15) is 37.9 Å². The van der Waals surface area contributed by atoms with Gasteiger partial charge >= 0.3 is 0 Å². The SMILES string of the molecule is CCN1CCC(CNc2cc(NC)nc(C3CC3)n2)C1. The summed E-state index contributed by atoms with van der Waals surface area (Å²) >= 11 is 0. The van der Waals surface area contributed by atoms with Crippen molar-refractivity contribution in [1.82, 2.24) is 14.9 Å². The normalized spacial score (nSPS) is 23.0. The lowest BCUT2D eigenvalue weighted by molar-refractivity contribution is 0.345. The minimum absolute atomic E-state index is 0.589. The maximum absolute atomic E-state index is 4.67. The smallest absolute Gasteiger partial charge is 0.136 e. The van der Waals surface area contributed by atoms with Gasteiger partial charge in [0, 0.05) is 32.1 Å². The number of nitrogens with one attached hydrogen (secondary N) is 2. The minimum Gasteiger partial charge on any atom is -0.373 e. The predicted octanol–water partition coefficient (Wildman–Crippen LogP) is 2.15. The van der Waals surface area contributed by atoms with Gasteiger partial charge in [-0.2, -0.15) is 0 Å². The van der Waals surface area contributed by atoms with Crippen LogP contribution in [0.3, 0.4) is 0 Å². The van der Waals surface area contributed by atoms with Crippen molar-refractivity contribution in [3.63, 3.8) is 0 Å². The highest BCUT2D eigenvalue weighted by Gasteiger charge is 2.27. The second-order valence-electron chi connectivity index (χ2n) is 5.95. The summed E-state index contributed by atoms with van der Waals surface area (Å²) < 4.78 is 0. The highest BCUT2D eigenvalue weighted by molar-refractivity contribution is 5.47. The first kappa shape index (κ1) is 13.6. The largest absolute Gasteiger partial charge is 0.373 e. The first-order valence-corrected chi connectivity index (χ1v) is 7.81. The Kier molecular flexibility index (Phi) is 4.05. The van der Waals surface area contributed by atoms with E-state index >= 15 is 0 Å². The molecule has 1 aromatic rings. The van der Waals surface area contributed by atoms with Crippen LogP contribution in [0.25, 0.3) is 0 Å². The molecule has 2 aliphatic rings. The third-order valence-corrected chi connectivity index (χ3v) is 4.33. The summed E-state index contributed by atoms with van der Waals surface area (Å²) in [7, 11) is 1.92. The number of anilines is 2. The van der Waals surface area contributed by atoms with E-state index in [1.165, 1.54) is 38.9 Å². The molecule has 5 nitrogen and oxygen atoms in total. The molecule has 3 rings (SSSR count). The monoisotopic (exact) mass is 275 g/mol. The van der Waals surface area contributed by atoms with Gasteiger partial charge in [0.15, 0.2) is 0 Å². The van der Waals surface area contributed by atoms with Crippen LogP contribution in [0, 0.1) is 5.92 Å². The molecule has 1 aromatic heterocycles. The van der Waals surface area contributed by atoms with Crippen molar-refractivity contribution in [2.45, 2.75) is 32.1 Å². The molecule has 5 heteroatoms. The number of nitrogens with zero attached hydrogens (tertiary/aromatic N) is 3. The van der Waals surface area contributed by atoms with Crippen molar-refractivity contribution < 1.29 is 0 Å². The van der Waals surface area contributed by atoms with Crippen LogP contribution in [-0.2, 0) is 0 Å². The highest BCUT2D eigenvalue weighted by atomic mass is 15.1. The highest BCUT2D eigenvalue weighted by Crippen LogP contribution is 2.38. The maximum atomic E-state index is 4.67. The van der Waals surface area contributed by atoms with Gasteiger partial charge in [0.2, 0.25) is 0 Å². The fraction of sp³-hybridized carbons (Fsp3) is 0.733. The number of aromatic nitrogens is 2. The van der Waals surface area contributed by atoms with Crippen molar-refractivity contribution in [3.05, 3.63) is 11.9 Å². The van der Waals surface area contributed by atoms with Crippen LogP contribution in [0.5, 0.6) is 0 Å². The molecule has 1 unspecified atom stereocenters. The zero-order valence-corrected chi connectivity index (χ0v) is 12.5. The van der Waals surface area contributed by atoms with Crippen LogP contribution >= 0.6 is 0 Å². The summed E-state index contributed by atoms with van der Waals surface area (Å²) in [5.74, 6) is 4.23. The summed E-state index contributed by atoms with van der Waals surface area (Å²) in [5.41, 5.74) is 0. The Bertz CT molecular complexity index is 458. The molecule has 2 N–H and O–H groups in total. The number of hydrogen-bond donors (Lipinski definition) is 2. The van der Waals surface area contributed by atoms with E-state index in [2.05, 4.69) is 32.4 Å². The van der Waals surface area contributed by atoms with Gasteiger partial charge < -0.3 is 15.5 Å². The summed E-state index contributed by atoms with van der Waals surface area (Å²) in [5, 5.41) is 6.65. The Morgan fingerprint density at radius 1 is 1.25 bits per heavy atom. The Hall–Kier alpha value is -1.36. The lowest BCUT2D eigenvalue weighted by Gasteiger charge is -2.15. The van der Waals surface area contributed by atoms with E-state index in [-0.39, 0.29) is 0 Å². The summed E-state index contributed by atoms with van der Waals surface area (Å²) in [4.78, 5) is 11.7. The molecule has 1 aliphatic carbocycles. The van der Waals surface area contributed by atoms with Crippen LogP contribution in [0.15, 0.2) is 6.07 Å². The van der Waals surface area contributed by atoms with E-state index in [9.17, 15) is 0 Å². The van der Waals surface area contributed by atoms with Gasteiger partial charge in [-0.1, -0.05) is 6.92 Å². The van der Waals surface area contributed by atoms with Crippen LogP contribution in [0.4, 0.5) is 11.6 Å². The molecule has 2 fully saturated rings. The second-order valence-corrected chi connectivity index (χ2v) is 5.95. The summed E-state index contributed by atoms with van der Waals surface area (Å²) in [6, 6.07) is 2.01. The second kappa shape index (κ2) is 5.95. The van der Waals surface area contributed by atoms with E-state index in [1.807, 2.05) is 13.1 Å². The molecule has 0 bridgehead atoms. The fourth-order valence-electron chi connectivity index (χ4n) is 2.82. The average molecular weight is 275 g/mol. The number of hydrogen-bond acceptors (Lipinski definition) is 5. The van der Waals surface area contributed by atoms with Crippen molar-refractivity contribution in [2.24, 2.45) is 5.92 Å². The molecular weight excluding hydrogens is 250 g/mol. The fourth-order valence-corrected chi connectivity index (χ4v) is 2.82. The molecular formula is C15H25N5. The molecule has 0 aromatic carbocycles. The lowest BCUT2D eigenvalue weighted by atomic mass is 10.1. The zero-order chi connectivity index (χ0) is 13.9. The van der Waals surface area contributed by atoms with E-state index in [0.717, 1.165) is 29.9 Å². The molecule has 0 spiro atoms. The topological polar surface area (TPSA) is 53.1 Å². The molecule has 1 aliphatic heterocycles. The van der Waals surface area contributed by atoms with E-state index < -0.39 is 0 Å². The van der Waals surface area contributed by atoms with Crippen LogP contribution in [-0.4, -0.2) is 48.1 Å². The molecule has 0 radical (unpaired) electrons. The van der Waals surface area contributed by atoms with Crippen molar-refractivity contribution in [2.75, 3.05) is 43.9 Å². The molecule has 1 atom stereocenters. The van der Waals surface area contributed by atoms with Gasteiger partial charge in [-0.15, -0.1) is 0 Å². The Labute approximate surface area is 121 Å². The van der Waals surface area contributed by atoms with E-state index in [1.54, 1.807) is 0 Å². The number of rotatable bonds is 6. The first-order valence-electron chi connectivity index (χ1n) is 7.81. The van der Waals surface area contributed by atoms with Gasteiger partial charge in [0.1, 0.15) is 17.5 Å². The lowest BCUT2D eigenvalue weighted by Crippen LogP contribution is -2.22. The first-order chi connectivity index (χ1) is 9.78. The van der Waals surface area contributed by atoms with Crippen LogP contribution in [0.2, 0.25) is 0 Å². The van der Waals surface area contributed by atoms with Gasteiger partial charge in [-0.25, -0.2) is 9.97 Å². The Morgan fingerprint density at radius 2 is 2.05 bits per heavy atom. The van der Waals surface area contributed by atoms with Gasteiger partial charge in [0.25, 0.3) is 0 Å². The third-order valence-electron chi connectivity index (χ3n) is 4.33. The van der Waals surface area contributed by atoms with Gasteiger partial charge in [0.05, 0.1) is 0 Å². The maximum Gasteiger partial charge on any atom is 0.136 e. The van der Waals surface area contributed by atoms with Gasteiger partial charge in [-0.05, 0) is 38.3 Å². The quantitative estimate of drug-likeness (QED) is 0.833. The minimum atomic E-state index is 0.589. The van der Waals surface area contributed by atoms with Crippen LogP contribution < -0.4 is 10.6 Å². The average Bonchev–Trinajstić information content (AvgIpc) is 3.24. The molecule has 2 heterocycles. The van der Waals surface area contributed by atoms with E-state index in [0.29, 0.717) is 5.92 Å². The van der Waals surface area contributed by atoms with Crippen molar-refractivity contribution >= 4 is 11.6 Å². The van der Waals surface area contributed by atoms with Crippen molar-refractivity contribution in [3.8, 4) is 0 Å². The Morgan fingerprint density at radius 3 is 2.70 bits per heavy atom. The Balaban J connectivity index is 1.60. The molecule has 1 saturated carbocycles. The van der Waals surface area contributed by atoms with Gasteiger partial charge in [-0.3, -0.25) is 0 Å². The third kappa shape index (κ3) is 3.20. The zero-order valence-electron chi connectivity index (χ0n) is 12.5.